The van der Waals surface area contributed by atoms with Crippen LogP contribution in [-0.4, -0.2) is 52.1 Å². The van der Waals surface area contributed by atoms with Crippen molar-refractivity contribution in [2.75, 3.05) is 36.4 Å². The molecular weight excluding hydrogens is 348 g/mol. The third-order valence-electron chi connectivity index (χ3n) is 5.28. The van der Waals surface area contributed by atoms with Gasteiger partial charge in [0.25, 0.3) is 0 Å². The van der Waals surface area contributed by atoms with Crippen molar-refractivity contribution in [2.24, 2.45) is 0 Å². The van der Waals surface area contributed by atoms with Crippen LogP contribution in [0.2, 0.25) is 5.28 Å². The molecule has 0 spiro atoms. The van der Waals surface area contributed by atoms with Crippen molar-refractivity contribution >= 4 is 29.2 Å². The number of rotatable bonds is 4. The van der Waals surface area contributed by atoms with Gasteiger partial charge in [-0.05, 0) is 62.5 Å². The summed E-state index contributed by atoms with van der Waals surface area (Å²) in [5.74, 6) is 1.16. The van der Waals surface area contributed by atoms with Crippen LogP contribution in [-0.2, 0) is 0 Å². The van der Waals surface area contributed by atoms with Gasteiger partial charge in [0, 0.05) is 24.8 Å². The van der Waals surface area contributed by atoms with E-state index in [2.05, 4.69) is 30.1 Å². The van der Waals surface area contributed by atoms with Crippen LogP contribution < -0.4 is 10.2 Å². The number of aromatic nitrogens is 3. The molecule has 4 rings (SSSR count). The van der Waals surface area contributed by atoms with E-state index in [1.165, 1.54) is 32.4 Å². The lowest BCUT2D eigenvalue weighted by Gasteiger charge is -2.40. The zero-order chi connectivity index (χ0) is 17.8. The SMILES string of the molecule is Clc1nc(Nc2ccccc2)nc(N2CCC(N3CCCCC3)CC2)n1. The van der Waals surface area contributed by atoms with Crippen molar-refractivity contribution in [1.29, 1.82) is 0 Å². The number of nitrogens with one attached hydrogen (secondary N) is 1. The average molecular weight is 373 g/mol. The fourth-order valence-electron chi connectivity index (χ4n) is 3.90. The summed E-state index contributed by atoms with van der Waals surface area (Å²) in [6.45, 7) is 4.44. The number of para-hydroxylation sites is 1. The molecule has 0 radical (unpaired) electrons. The molecule has 2 saturated heterocycles. The van der Waals surface area contributed by atoms with Crippen molar-refractivity contribution in [3.8, 4) is 0 Å². The number of halogens is 1. The van der Waals surface area contributed by atoms with Gasteiger partial charge in [0.05, 0.1) is 0 Å². The second-order valence-corrected chi connectivity index (χ2v) is 7.37. The molecule has 138 valence electrons. The highest BCUT2D eigenvalue weighted by molar-refractivity contribution is 6.28. The van der Waals surface area contributed by atoms with Crippen LogP contribution >= 0.6 is 11.6 Å². The molecule has 0 unspecified atom stereocenters. The molecule has 2 aromatic rings. The molecule has 2 aliphatic rings. The van der Waals surface area contributed by atoms with E-state index < -0.39 is 0 Å². The first kappa shape index (κ1) is 17.5. The van der Waals surface area contributed by atoms with Crippen molar-refractivity contribution in [1.82, 2.24) is 19.9 Å². The third-order valence-corrected chi connectivity index (χ3v) is 5.45. The first-order valence-electron chi connectivity index (χ1n) is 9.50. The molecule has 1 N–H and O–H groups in total. The Morgan fingerprint density at radius 3 is 2.35 bits per heavy atom. The zero-order valence-corrected chi connectivity index (χ0v) is 15.7. The van der Waals surface area contributed by atoms with Gasteiger partial charge in [0.1, 0.15) is 0 Å². The van der Waals surface area contributed by atoms with Crippen molar-refractivity contribution < 1.29 is 0 Å². The molecule has 0 atom stereocenters. The van der Waals surface area contributed by atoms with Gasteiger partial charge in [-0.3, -0.25) is 0 Å². The Bertz CT molecular complexity index is 711. The molecular formula is C19H25ClN6. The number of anilines is 3. The lowest BCUT2D eigenvalue weighted by Crippen LogP contribution is -2.47. The highest BCUT2D eigenvalue weighted by atomic mass is 35.5. The maximum atomic E-state index is 6.15. The smallest absolute Gasteiger partial charge is 0.233 e. The van der Waals surface area contributed by atoms with Crippen molar-refractivity contribution in [2.45, 2.75) is 38.1 Å². The van der Waals surface area contributed by atoms with Crippen molar-refractivity contribution in [3.05, 3.63) is 35.6 Å². The molecule has 0 bridgehead atoms. The molecule has 0 amide bonds. The van der Waals surface area contributed by atoms with E-state index in [1.807, 2.05) is 30.3 Å². The number of benzene rings is 1. The van der Waals surface area contributed by atoms with E-state index >= 15 is 0 Å². The van der Waals surface area contributed by atoms with E-state index in [9.17, 15) is 0 Å². The fraction of sp³-hybridized carbons (Fsp3) is 0.526. The van der Waals surface area contributed by atoms with Crippen molar-refractivity contribution in [3.63, 3.8) is 0 Å². The quantitative estimate of drug-likeness (QED) is 0.882. The maximum Gasteiger partial charge on any atom is 0.233 e. The maximum absolute atomic E-state index is 6.15. The van der Waals surface area contributed by atoms with E-state index in [-0.39, 0.29) is 5.28 Å². The van der Waals surface area contributed by atoms with E-state index in [4.69, 9.17) is 11.6 Å². The fourth-order valence-corrected chi connectivity index (χ4v) is 4.06. The van der Waals surface area contributed by atoms with Gasteiger partial charge < -0.3 is 15.1 Å². The summed E-state index contributed by atoms with van der Waals surface area (Å²) in [4.78, 5) is 18.0. The summed E-state index contributed by atoms with van der Waals surface area (Å²) in [7, 11) is 0. The standard InChI is InChI=1S/C19H25ClN6/c20-17-22-18(21-15-7-3-1-4-8-15)24-19(23-17)26-13-9-16(10-14-26)25-11-5-2-6-12-25/h1,3-4,7-8,16H,2,5-6,9-14H2,(H,21,22,23,24). The lowest BCUT2D eigenvalue weighted by atomic mass is 10.0. The highest BCUT2D eigenvalue weighted by Crippen LogP contribution is 2.24. The molecule has 26 heavy (non-hydrogen) atoms. The number of hydrogen-bond donors (Lipinski definition) is 1. The van der Waals surface area contributed by atoms with Gasteiger partial charge in [0.2, 0.25) is 17.2 Å². The number of hydrogen-bond acceptors (Lipinski definition) is 6. The second kappa shape index (κ2) is 8.18. The minimum atomic E-state index is 0.228. The van der Waals surface area contributed by atoms with Crippen LogP contribution in [0.5, 0.6) is 0 Å². The minimum absolute atomic E-state index is 0.228. The van der Waals surface area contributed by atoms with Gasteiger partial charge in [-0.1, -0.05) is 24.6 Å². The average Bonchev–Trinajstić information content (AvgIpc) is 2.69. The van der Waals surface area contributed by atoms with E-state index in [0.717, 1.165) is 31.6 Å². The summed E-state index contributed by atoms with van der Waals surface area (Å²) < 4.78 is 0. The van der Waals surface area contributed by atoms with Crippen LogP contribution in [0.4, 0.5) is 17.6 Å². The summed E-state index contributed by atoms with van der Waals surface area (Å²) in [6, 6.07) is 10.6. The van der Waals surface area contributed by atoms with Gasteiger partial charge in [0.15, 0.2) is 0 Å². The molecule has 6 nitrogen and oxygen atoms in total. The Labute approximate surface area is 159 Å². The Balaban J connectivity index is 1.41. The van der Waals surface area contributed by atoms with Gasteiger partial charge in [-0.25, -0.2) is 0 Å². The Kier molecular flexibility index (Phi) is 5.51. The Hall–Kier alpha value is -1.92. The lowest BCUT2D eigenvalue weighted by molar-refractivity contribution is 0.141. The number of likely N-dealkylation sites (tertiary alicyclic amines) is 1. The van der Waals surface area contributed by atoms with Gasteiger partial charge >= 0.3 is 0 Å². The molecule has 0 aliphatic carbocycles. The highest BCUT2D eigenvalue weighted by Gasteiger charge is 2.27. The summed E-state index contributed by atoms with van der Waals surface area (Å²) in [6.07, 6.45) is 6.39. The molecule has 3 heterocycles. The minimum Gasteiger partial charge on any atom is -0.341 e. The van der Waals surface area contributed by atoms with Crippen LogP contribution in [0.1, 0.15) is 32.1 Å². The predicted octanol–water partition coefficient (Wildman–Crippen LogP) is 3.72. The van der Waals surface area contributed by atoms with Gasteiger partial charge in [-0.15, -0.1) is 0 Å². The molecule has 1 aromatic carbocycles. The first-order valence-corrected chi connectivity index (χ1v) is 9.88. The summed E-state index contributed by atoms with van der Waals surface area (Å²) in [5.41, 5.74) is 0.935. The summed E-state index contributed by atoms with van der Waals surface area (Å²) in [5, 5.41) is 3.43. The Morgan fingerprint density at radius 2 is 1.62 bits per heavy atom. The van der Waals surface area contributed by atoms with Crippen LogP contribution in [0.15, 0.2) is 30.3 Å². The van der Waals surface area contributed by atoms with Gasteiger partial charge in [-0.2, -0.15) is 15.0 Å². The van der Waals surface area contributed by atoms with E-state index in [0.29, 0.717) is 17.9 Å². The Morgan fingerprint density at radius 1 is 0.885 bits per heavy atom. The molecule has 7 heteroatoms. The zero-order valence-electron chi connectivity index (χ0n) is 14.9. The summed E-state index contributed by atoms with van der Waals surface area (Å²) >= 11 is 6.15. The normalized spacial score (nSPS) is 19.5. The van der Waals surface area contributed by atoms with Crippen LogP contribution in [0, 0.1) is 0 Å². The first-order chi connectivity index (χ1) is 12.8. The molecule has 2 fully saturated rings. The molecule has 0 saturated carbocycles. The molecule has 1 aromatic heterocycles. The predicted molar refractivity (Wildman–Crippen MR) is 105 cm³/mol. The van der Waals surface area contributed by atoms with E-state index in [1.54, 1.807) is 0 Å². The van der Waals surface area contributed by atoms with Crippen LogP contribution in [0.25, 0.3) is 0 Å². The second-order valence-electron chi connectivity index (χ2n) is 7.03. The monoisotopic (exact) mass is 372 g/mol. The topological polar surface area (TPSA) is 57.2 Å². The third kappa shape index (κ3) is 4.24. The number of nitrogens with zero attached hydrogens (tertiary/aromatic N) is 5. The molecule has 2 aliphatic heterocycles. The number of piperidine rings is 2. The van der Waals surface area contributed by atoms with Crippen LogP contribution in [0.3, 0.4) is 0 Å². The largest absolute Gasteiger partial charge is 0.341 e.